The SMILES string of the molecule is CCNC(=O)C1CCCN(CC(=O)N2CCC(C)Sc3ccccc32)C1. The molecule has 1 N–H and O–H groups in total. The molecule has 26 heavy (non-hydrogen) atoms. The second-order valence-electron chi connectivity index (χ2n) is 7.20. The number of piperidine rings is 1. The van der Waals surface area contributed by atoms with Crippen LogP contribution in [0, 0.1) is 5.92 Å². The fourth-order valence-corrected chi connectivity index (χ4v) is 4.87. The van der Waals surface area contributed by atoms with Gasteiger partial charge in [-0.05, 0) is 44.9 Å². The van der Waals surface area contributed by atoms with Crippen molar-refractivity contribution in [3.8, 4) is 0 Å². The zero-order valence-corrected chi connectivity index (χ0v) is 16.6. The summed E-state index contributed by atoms with van der Waals surface area (Å²) in [7, 11) is 0. The van der Waals surface area contributed by atoms with E-state index in [0.717, 1.165) is 38.0 Å². The lowest BCUT2D eigenvalue weighted by Gasteiger charge is -2.33. The van der Waals surface area contributed by atoms with E-state index in [1.807, 2.05) is 41.8 Å². The fourth-order valence-electron chi connectivity index (χ4n) is 3.75. The summed E-state index contributed by atoms with van der Waals surface area (Å²) in [6, 6.07) is 8.19. The lowest BCUT2D eigenvalue weighted by Crippen LogP contribution is -2.47. The summed E-state index contributed by atoms with van der Waals surface area (Å²) in [6.07, 6.45) is 2.88. The molecule has 5 nitrogen and oxygen atoms in total. The number of fused-ring (bicyclic) bond motifs is 1. The lowest BCUT2D eigenvalue weighted by molar-refractivity contribution is -0.128. The summed E-state index contributed by atoms with van der Waals surface area (Å²) >= 11 is 1.85. The summed E-state index contributed by atoms with van der Waals surface area (Å²) in [6.45, 7) is 7.55. The number of nitrogens with one attached hydrogen (secondary N) is 1. The van der Waals surface area contributed by atoms with E-state index < -0.39 is 0 Å². The molecule has 0 aromatic heterocycles. The number of thioether (sulfide) groups is 1. The monoisotopic (exact) mass is 375 g/mol. The Labute approximate surface area is 160 Å². The van der Waals surface area contributed by atoms with Crippen molar-refractivity contribution in [1.82, 2.24) is 10.2 Å². The highest BCUT2D eigenvalue weighted by Crippen LogP contribution is 2.37. The molecule has 0 spiro atoms. The number of hydrogen-bond donors (Lipinski definition) is 1. The van der Waals surface area contributed by atoms with E-state index in [9.17, 15) is 9.59 Å². The average Bonchev–Trinajstić information content (AvgIpc) is 2.80. The molecule has 142 valence electrons. The molecule has 2 aliphatic heterocycles. The van der Waals surface area contributed by atoms with Crippen molar-refractivity contribution >= 4 is 29.3 Å². The maximum atomic E-state index is 13.1. The molecule has 1 aromatic carbocycles. The van der Waals surface area contributed by atoms with Gasteiger partial charge in [0.25, 0.3) is 0 Å². The molecule has 2 aliphatic rings. The van der Waals surface area contributed by atoms with Gasteiger partial charge >= 0.3 is 0 Å². The highest BCUT2D eigenvalue weighted by atomic mass is 32.2. The standard InChI is InChI=1S/C20H29N3O2S/c1-3-21-20(25)16-7-6-11-22(13-16)14-19(24)23-12-10-15(2)26-18-9-5-4-8-17(18)23/h4-5,8-9,15-16H,3,6-7,10-14H2,1-2H3,(H,21,25). The topological polar surface area (TPSA) is 52.7 Å². The van der Waals surface area contributed by atoms with E-state index in [-0.39, 0.29) is 17.7 Å². The maximum absolute atomic E-state index is 13.1. The molecule has 2 heterocycles. The minimum absolute atomic E-state index is 0.00324. The molecule has 3 rings (SSSR count). The van der Waals surface area contributed by atoms with Gasteiger partial charge in [-0.25, -0.2) is 0 Å². The van der Waals surface area contributed by atoms with Crippen LogP contribution in [0.4, 0.5) is 5.69 Å². The lowest BCUT2D eigenvalue weighted by atomic mass is 9.97. The van der Waals surface area contributed by atoms with Gasteiger partial charge in [-0.2, -0.15) is 0 Å². The Hall–Kier alpha value is -1.53. The first kappa shape index (κ1) is 19.2. The molecule has 2 unspecified atom stereocenters. The number of amides is 2. The maximum Gasteiger partial charge on any atom is 0.241 e. The first-order valence-electron chi connectivity index (χ1n) is 9.64. The van der Waals surface area contributed by atoms with Crippen LogP contribution < -0.4 is 10.2 Å². The van der Waals surface area contributed by atoms with Crippen molar-refractivity contribution in [2.24, 2.45) is 5.92 Å². The van der Waals surface area contributed by atoms with Crippen LogP contribution in [0.25, 0.3) is 0 Å². The molecule has 0 bridgehead atoms. The van der Waals surface area contributed by atoms with Crippen LogP contribution in [0.1, 0.15) is 33.1 Å². The third kappa shape index (κ3) is 4.60. The Morgan fingerprint density at radius 3 is 2.85 bits per heavy atom. The molecule has 2 atom stereocenters. The Morgan fingerprint density at radius 2 is 2.04 bits per heavy atom. The Bertz CT molecular complexity index is 652. The largest absolute Gasteiger partial charge is 0.356 e. The smallest absolute Gasteiger partial charge is 0.241 e. The highest BCUT2D eigenvalue weighted by Gasteiger charge is 2.29. The minimum Gasteiger partial charge on any atom is -0.356 e. The van der Waals surface area contributed by atoms with Crippen molar-refractivity contribution in [2.75, 3.05) is 37.6 Å². The molecular formula is C20H29N3O2S. The second-order valence-corrected chi connectivity index (χ2v) is 8.68. The highest BCUT2D eigenvalue weighted by molar-refractivity contribution is 8.00. The summed E-state index contributed by atoms with van der Waals surface area (Å²) in [5, 5.41) is 3.42. The first-order valence-corrected chi connectivity index (χ1v) is 10.5. The van der Waals surface area contributed by atoms with Crippen molar-refractivity contribution < 1.29 is 9.59 Å². The number of carbonyl (C=O) groups is 2. The van der Waals surface area contributed by atoms with E-state index in [4.69, 9.17) is 0 Å². The predicted octanol–water partition coefficient (Wildman–Crippen LogP) is 2.75. The van der Waals surface area contributed by atoms with Crippen LogP contribution in [-0.4, -0.2) is 54.7 Å². The van der Waals surface area contributed by atoms with Crippen LogP contribution in [0.5, 0.6) is 0 Å². The number of likely N-dealkylation sites (tertiary alicyclic amines) is 1. The average molecular weight is 376 g/mol. The number of nitrogens with zero attached hydrogens (tertiary/aromatic N) is 2. The molecule has 0 aliphatic carbocycles. The van der Waals surface area contributed by atoms with Crippen LogP contribution in [-0.2, 0) is 9.59 Å². The van der Waals surface area contributed by atoms with Crippen LogP contribution in [0.3, 0.4) is 0 Å². The van der Waals surface area contributed by atoms with Crippen molar-refractivity contribution in [2.45, 2.75) is 43.3 Å². The second kappa shape index (κ2) is 8.91. The number of para-hydroxylation sites is 1. The zero-order valence-electron chi connectivity index (χ0n) is 15.7. The zero-order chi connectivity index (χ0) is 18.5. The van der Waals surface area contributed by atoms with E-state index in [0.29, 0.717) is 24.9 Å². The van der Waals surface area contributed by atoms with Gasteiger partial charge in [-0.15, -0.1) is 11.8 Å². The number of carbonyl (C=O) groups excluding carboxylic acids is 2. The number of anilines is 1. The Balaban J connectivity index is 1.67. The molecule has 1 saturated heterocycles. The quantitative estimate of drug-likeness (QED) is 0.879. The van der Waals surface area contributed by atoms with Crippen molar-refractivity contribution in [3.05, 3.63) is 24.3 Å². The summed E-state index contributed by atoms with van der Waals surface area (Å²) in [5.74, 6) is 0.266. The van der Waals surface area contributed by atoms with Gasteiger partial charge in [0.05, 0.1) is 18.2 Å². The summed E-state index contributed by atoms with van der Waals surface area (Å²) in [5.41, 5.74) is 1.03. The van der Waals surface area contributed by atoms with E-state index in [1.54, 1.807) is 0 Å². The molecule has 1 fully saturated rings. The molecule has 0 radical (unpaired) electrons. The Morgan fingerprint density at radius 1 is 1.23 bits per heavy atom. The van der Waals surface area contributed by atoms with E-state index >= 15 is 0 Å². The Kier molecular flexibility index (Phi) is 6.59. The molecular weight excluding hydrogens is 346 g/mol. The van der Waals surface area contributed by atoms with Crippen LogP contribution in [0.15, 0.2) is 29.2 Å². The van der Waals surface area contributed by atoms with Crippen molar-refractivity contribution in [1.29, 1.82) is 0 Å². The third-order valence-corrected chi connectivity index (χ3v) is 6.37. The molecule has 0 saturated carbocycles. The normalized spacial score (nSPS) is 23.8. The van der Waals surface area contributed by atoms with Crippen LogP contribution >= 0.6 is 11.8 Å². The number of hydrogen-bond acceptors (Lipinski definition) is 4. The molecule has 2 amide bonds. The van der Waals surface area contributed by atoms with Crippen LogP contribution in [0.2, 0.25) is 0 Å². The third-order valence-electron chi connectivity index (χ3n) is 5.13. The minimum atomic E-state index is 0.00324. The molecule has 6 heteroatoms. The van der Waals surface area contributed by atoms with E-state index in [2.05, 4.69) is 23.2 Å². The number of benzene rings is 1. The fraction of sp³-hybridized carbons (Fsp3) is 0.600. The predicted molar refractivity (Wildman–Crippen MR) is 107 cm³/mol. The van der Waals surface area contributed by atoms with Gasteiger partial charge in [-0.3, -0.25) is 14.5 Å². The first-order chi connectivity index (χ1) is 12.6. The van der Waals surface area contributed by atoms with E-state index in [1.165, 1.54) is 4.90 Å². The van der Waals surface area contributed by atoms with Gasteiger partial charge < -0.3 is 10.2 Å². The van der Waals surface area contributed by atoms with Gasteiger partial charge in [0.15, 0.2) is 0 Å². The summed E-state index contributed by atoms with van der Waals surface area (Å²) in [4.78, 5) is 30.5. The van der Waals surface area contributed by atoms with Crippen molar-refractivity contribution in [3.63, 3.8) is 0 Å². The summed E-state index contributed by atoms with van der Waals surface area (Å²) < 4.78 is 0. The molecule has 1 aromatic rings. The van der Waals surface area contributed by atoms with Gasteiger partial charge in [0.2, 0.25) is 11.8 Å². The number of rotatable bonds is 4. The van der Waals surface area contributed by atoms with Gasteiger partial charge in [0.1, 0.15) is 0 Å². The van der Waals surface area contributed by atoms with Gasteiger partial charge in [0, 0.05) is 29.8 Å². The van der Waals surface area contributed by atoms with Gasteiger partial charge in [-0.1, -0.05) is 19.1 Å².